The number of rotatable bonds is 5. The maximum Gasteiger partial charge on any atom is 0.213 e. The summed E-state index contributed by atoms with van der Waals surface area (Å²) in [7, 11) is -3.07. The van der Waals surface area contributed by atoms with Crippen LogP contribution >= 0.6 is 22.9 Å². The van der Waals surface area contributed by atoms with Crippen LogP contribution in [0.4, 0.5) is 0 Å². The van der Waals surface area contributed by atoms with Crippen LogP contribution in [0.1, 0.15) is 11.9 Å². The van der Waals surface area contributed by atoms with E-state index in [0.29, 0.717) is 18.1 Å². The van der Waals surface area contributed by atoms with E-state index in [1.807, 2.05) is 24.3 Å². The van der Waals surface area contributed by atoms with Crippen molar-refractivity contribution >= 4 is 33.0 Å². The minimum Gasteiger partial charge on any atom is -0.294 e. The van der Waals surface area contributed by atoms with Gasteiger partial charge in [0.15, 0.2) is 0 Å². The van der Waals surface area contributed by atoms with Crippen molar-refractivity contribution in [2.45, 2.75) is 13.5 Å². The van der Waals surface area contributed by atoms with Gasteiger partial charge in [0, 0.05) is 42.1 Å². The molecule has 0 atom stereocenters. The first kappa shape index (κ1) is 17.8. The predicted octanol–water partition coefficient (Wildman–Crippen LogP) is 2.93. The standard InChI is InChI=1S/C16H20ClN3O2S2/c1-2-24(21,22)20-9-7-19(8-10-20)11-16-18-15(12-23-16)13-3-5-14(17)6-4-13/h3-6,12H,2,7-11H2,1H3. The van der Waals surface area contributed by atoms with Gasteiger partial charge in [0.25, 0.3) is 0 Å². The Labute approximate surface area is 151 Å². The number of piperazine rings is 1. The van der Waals surface area contributed by atoms with Crippen molar-refractivity contribution in [3.05, 3.63) is 39.7 Å². The van der Waals surface area contributed by atoms with Crippen LogP contribution in [-0.4, -0.2) is 54.5 Å². The quantitative estimate of drug-likeness (QED) is 0.794. The van der Waals surface area contributed by atoms with E-state index in [0.717, 1.165) is 35.9 Å². The summed E-state index contributed by atoms with van der Waals surface area (Å²) in [4.78, 5) is 6.95. The monoisotopic (exact) mass is 385 g/mol. The van der Waals surface area contributed by atoms with Crippen molar-refractivity contribution in [2.75, 3.05) is 31.9 Å². The Morgan fingerprint density at radius 3 is 2.46 bits per heavy atom. The van der Waals surface area contributed by atoms with Crippen LogP contribution in [-0.2, 0) is 16.6 Å². The zero-order chi connectivity index (χ0) is 17.2. The molecule has 24 heavy (non-hydrogen) atoms. The Kier molecular flexibility index (Phi) is 5.56. The van der Waals surface area contributed by atoms with Crippen LogP contribution in [0.5, 0.6) is 0 Å². The molecule has 0 bridgehead atoms. The number of thiazole rings is 1. The fourth-order valence-corrected chi connectivity index (χ4v) is 4.73. The molecular formula is C16H20ClN3O2S2. The molecule has 3 rings (SSSR count). The predicted molar refractivity (Wildman–Crippen MR) is 98.9 cm³/mol. The van der Waals surface area contributed by atoms with E-state index in [1.165, 1.54) is 0 Å². The number of hydrogen-bond donors (Lipinski definition) is 0. The average molecular weight is 386 g/mol. The van der Waals surface area contributed by atoms with Gasteiger partial charge in [-0.05, 0) is 19.1 Å². The Morgan fingerprint density at radius 2 is 1.83 bits per heavy atom. The second-order valence-corrected chi connectivity index (χ2v) is 9.35. The van der Waals surface area contributed by atoms with Crippen molar-refractivity contribution in [3.63, 3.8) is 0 Å². The summed E-state index contributed by atoms with van der Waals surface area (Å²) in [5, 5.41) is 3.82. The van der Waals surface area contributed by atoms with Crippen LogP contribution < -0.4 is 0 Å². The molecule has 130 valence electrons. The minimum absolute atomic E-state index is 0.171. The molecule has 0 spiro atoms. The van der Waals surface area contributed by atoms with E-state index in [1.54, 1.807) is 22.6 Å². The number of sulfonamides is 1. The summed E-state index contributed by atoms with van der Waals surface area (Å²) in [5.41, 5.74) is 2.01. The topological polar surface area (TPSA) is 53.5 Å². The highest BCUT2D eigenvalue weighted by Gasteiger charge is 2.25. The SMILES string of the molecule is CCS(=O)(=O)N1CCN(Cc2nc(-c3ccc(Cl)cc3)cs2)CC1. The molecule has 0 saturated carbocycles. The molecule has 0 amide bonds. The zero-order valence-electron chi connectivity index (χ0n) is 13.5. The van der Waals surface area contributed by atoms with E-state index in [-0.39, 0.29) is 5.75 Å². The number of halogens is 1. The molecule has 1 aromatic heterocycles. The van der Waals surface area contributed by atoms with E-state index < -0.39 is 10.0 Å². The second kappa shape index (κ2) is 7.49. The van der Waals surface area contributed by atoms with Crippen molar-refractivity contribution in [1.82, 2.24) is 14.2 Å². The summed E-state index contributed by atoms with van der Waals surface area (Å²) in [6, 6.07) is 7.66. The molecule has 1 fully saturated rings. The molecule has 0 unspecified atom stereocenters. The summed E-state index contributed by atoms with van der Waals surface area (Å²) in [6.45, 7) is 5.06. The molecule has 1 aromatic carbocycles. The second-order valence-electron chi connectivity index (χ2n) is 5.71. The molecule has 8 heteroatoms. The lowest BCUT2D eigenvalue weighted by atomic mass is 10.2. The number of nitrogens with zero attached hydrogens (tertiary/aromatic N) is 3. The molecule has 0 N–H and O–H groups in total. The van der Waals surface area contributed by atoms with Crippen molar-refractivity contribution in [3.8, 4) is 11.3 Å². The van der Waals surface area contributed by atoms with Gasteiger partial charge in [-0.2, -0.15) is 4.31 Å². The van der Waals surface area contributed by atoms with Crippen molar-refractivity contribution in [1.29, 1.82) is 0 Å². The smallest absolute Gasteiger partial charge is 0.213 e. The Bertz CT molecular complexity index is 782. The summed E-state index contributed by atoms with van der Waals surface area (Å²) in [6.07, 6.45) is 0. The third kappa shape index (κ3) is 4.15. The van der Waals surface area contributed by atoms with Crippen LogP contribution in [0.3, 0.4) is 0 Å². The third-order valence-electron chi connectivity index (χ3n) is 4.14. The summed E-state index contributed by atoms with van der Waals surface area (Å²) in [5.74, 6) is 0.171. The van der Waals surface area contributed by atoms with Gasteiger partial charge in [-0.25, -0.2) is 13.4 Å². The molecule has 1 aliphatic heterocycles. The first-order valence-electron chi connectivity index (χ1n) is 7.88. The Morgan fingerprint density at radius 1 is 1.17 bits per heavy atom. The van der Waals surface area contributed by atoms with Gasteiger partial charge in [-0.15, -0.1) is 11.3 Å². The lowest BCUT2D eigenvalue weighted by Gasteiger charge is -2.33. The zero-order valence-corrected chi connectivity index (χ0v) is 15.9. The van der Waals surface area contributed by atoms with Crippen molar-refractivity contribution < 1.29 is 8.42 Å². The fourth-order valence-electron chi connectivity index (χ4n) is 2.68. The molecular weight excluding hydrogens is 366 g/mol. The maximum absolute atomic E-state index is 11.9. The van der Waals surface area contributed by atoms with E-state index >= 15 is 0 Å². The van der Waals surface area contributed by atoms with E-state index in [2.05, 4.69) is 10.3 Å². The number of benzene rings is 1. The third-order valence-corrected chi connectivity index (χ3v) is 7.11. The van der Waals surface area contributed by atoms with Gasteiger partial charge in [0.05, 0.1) is 18.0 Å². The molecule has 0 radical (unpaired) electrons. The highest BCUT2D eigenvalue weighted by molar-refractivity contribution is 7.89. The van der Waals surface area contributed by atoms with Crippen LogP contribution in [0, 0.1) is 0 Å². The van der Waals surface area contributed by atoms with Gasteiger partial charge < -0.3 is 0 Å². The van der Waals surface area contributed by atoms with Gasteiger partial charge in [-0.3, -0.25) is 4.90 Å². The normalized spacial score (nSPS) is 17.2. The van der Waals surface area contributed by atoms with Crippen LogP contribution in [0.25, 0.3) is 11.3 Å². The lowest BCUT2D eigenvalue weighted by molar-refractivity contribution is 0.181. The van der Waals surface area contributed by atoms with Gasteiger partial charge in [-0.1, -0.05) is 23.7 Å². The highest BCUT2D eigenvalue weighted by Crippen LogP contribution is 2.24. The number of aromatic nitrogens is 1. The van der Waals surface area contributed by atoms with Crippen molar-refractivity contribution in [2.24, 2.45) is 0 Å². The molecule has 1 saturated heterocycles. The molecule has 0 aliphatic carbocycles. The highest BCUT2D eigenvalue weighted by atomic mass is 35.5. The molecule has 2 aromatic rings. The minimum atomic E-state index is -3.07. The largest absolute Gasteiger partial charge is 0.294 e. The van der Waals surface area contributed by atoms with Gasteiger partial charge in [0.2, 0.25) is 10.0 Å². The Balaban J connectivity index is 1.59. The summed E-state index contributed by atoms with van der Waals surface area (Å²) < 4.78 is 25.4. The van der Waals surface area contributed by atoms with Gasteiger partial charge in [0.1, 0.15) is 5.01 Å². The first-order chi connectivity index (χ1) is 11.5. The summed E-state index contributed by atoms with van der Waals surface area (Å²) >= 11 is 7.55. The molecule has 1 aliphatic rings. The fraction of sp³-hybridized carbons (Fsp3) is 0.438. The van der Waals surface area contributed by atoms with Crippen LogP contribution in [0.15, 0.2) is 29.6 Å². The molecule has 5 nitrogen and oxygen atoms in total. The first-order valence-corrected chi connectivity index (χ1v) is 10.7. The average Bonchev–Trinajstić information content (AvgIpc) is 3.04. The van der Waals surface area contributed by atoms with Crippen LogP contribution in [0.2, 0.25) is 5.02 Å². The maximum atomic E-state index is 11.9. The lowest BCUT2D eigenvalue weighted by Crippen LogP contribution is -2.48. The van der Waals surface area contributed by atoms with Gasteiger partial charge >= 0.3 is 0 Å². The molecule has 2 heterocycles. The number of hydrogen-bond acceptors (Lipinski definition) is 5. The Hall–Kier alpha value is -0.990. The van der Waals surface area contributed by atoms with E-state index in [9.17, 15) is 8.42 Å². The van der Waals surface area contributed by atoms with E-state index in [4.69, 9.17) is 16.6 Å².